The predicted molar refractivity (Wildman–Crippen MR) is 135 cm³/mol. The van der Waals surface area contributed by atoms with Gasteiger partial charge in [0.05, 0.1) is 35.7 Å². The number of methoxy groups -OCH3 is 1. The molecular formula is C24H32N6O3S. The molecule has 182 valence electrons. The highest BCUT2D eigenvalue weighted by Gasteiger charge is 2.42. The monoisotopic (exact) mass is 484 g/mol. The number of nitrogens with one attached hydrogen (secondary N) is 1. The molecule has 3 N–H and O–H groups in total. The van der Waals surface area contributed by atoms with Crippen LogP contribution in [0.4, 0.5) is 5.69 Å². The van der Waals surface area contributed by atoms with Crippen molar-refractivity contribution in [3.63, 3.8) is 0 Å². The summed E-state index contributed by atoms with van der Waals surface area (Å²) in [5.74, 6) is 1.32. The smallest absolute Gasteiger partial charge is 0.275 e. The van der Waals surface area contributed by atoms with Crippen molar-refractivity contribution in [1.82, 2.24) is 14.9 Å². The number of amidine groups is 1. The van der Waals surface area contributed by atoms with E-state index in [1.54, 1.807) is 0 Å². The van der Waals surface area contributed by atoms with Crippen LogP contribution in [0.15, 0.2) is 35.6 Å². The van der Waals surface area contributed by atoms with Crippen LogP contribution in [0.5, 0.6) is 11.6 Å². The van der Waals surface area contributed by atoms with Crippen LogP contribution in [0, 0.1) is 0 Å². The quantitative estimate of drug-likeness (QED) is 0.682. The van der Waals surface area contributed by atoms with Gasteiger partial charge in [-0.2, -0.15) is 0 Å². The van der Waals surface area contributed by atoms with E-state index in [0.29, 0.717) is 23.9 Å². The van der Waals surface area contributed by atoms with Gasteiger partial charge in [-0.1, -0.05) is 0 Å². The highest BCUT2D eigenvalue weighted by atomic mass is 32.2. The van der Waals surface area contributed by atoms with E-state index in [9.17, 15) is 4.79 Å². The van der Waals surface area contributed by atoms with Crippen LogP contribution in [0.25, 0.3) is 0 Å². The second kappa shape index (κ2) is 9.07. The predicted octanol–water partition coefficient (Wildman–Crippen LogP) is 3.26. The minimum Gasteiger partial charge on any atom is -0.490 e. The average molecular weight is 485 g/mol. The largest absolute Gasteiger partial charge is 0.490 e. The molecule has 1 amide bonds. The standard InChI is InChI=1S/C24H32N6O3S/c1-14-9-20-30(5)13-24(4,29-22(25)23(2,3)34-20)16-10-15(7-8-18(16)33-14)28-21(31)17-11-27-19(32-6)12-26-17/h7-8,10-12,14,20H,9,13H2,1-6H3,(H2,25,29)(H,28,31)/t14-,20?,24-/m0/s1. The lowest BCUT2D eigenvalue weighted by Crippen LogP contribution is -2.49. The van der Waals surface area contributed by atoms with Gasteiger partial charge in [0.1, 0.15) is 22.8 Å². The van der Waals surface area contributed by atoms with Crippen molar-refractivity contribution < 1.29 is 14.3 Å². The Morgan fingerprint density at radius 2 is 2.06 bits per heavy atom. The maximum atomic E-state index is 12.8. The maximum absolute atomic E-state index is 12.8. The Morgan fingerprint density at radius 1 is 1.29 bits per heavy atom. The lowest BCUT2D eigenvalue weighted by atomic mass is 9.90. The number of hydrogen-bond donors (Lipinski definition) is 2. The molecule has 34 heavy (non-hydrogen) atoms. The minimum absolute atomic E-state index is 0.00816. The molecule has 0 spiro atoms. The van der Waals surface area contributed by atoms with Crippen LogP contribution in [0.3, 0.4) is 0 Å². The van der Waals surface area contributed by atoms with Crippen LogP contribution in [-0.2, 0) is 5.54 Å². The normalized spacial score (nSPS) is 26.5. The Bertz CT molecular complexity index is 1110. The molecule has 1 unspecified atom stereocenters. The molecule has 0 radical (unpaired) electrons. The summed E-state index contributed by atoms with van der Waals surface area (Å²) in [5, 5.41) is 3.14. The first kappa shape index (κ1) is 24.3. The Morgan fingerprint density at radius 3 is 2.74 bits per heavy atom. The number of thioether (sulfide) groups is 1. The molecule has 10 heteroatoms. The average Bonchev–Trinajstić information content (AvgIpc) is 2.80. The second-order valence-corrected chi connectivity index (χ2v) is 11.3. The van der Waals surface area contributed by atoms with Gasteiger partial charge in [-0.15, -0.1) is 11.8 Å². The minimum atomic E-state index is -0.671. The van der Waals surface area contributed by atoms with E-state index >= 15 is 0 Å². The zero-order valence-corrected chi connectivity index (χ0v) is 21.3. The molecule has 3 heterocycles. The molecule has 4 rings (SSSR count). The molecule has 2 aromatic rings. The summed E-state index contributed by atoms with van der Waals surface area (Å²) >= 11 is 1.81. The summed E-state index contributed by atoms with van der Waals surface area (Å²) in [5.41, 5.74) is 7.56. The van der Waals surface area contributed by atoms with Crippen LogP contribution < -0.4 is 20.5 Å². The number of hydrogen-bond acceptors (Lipinski definition) is 9. The number of rotatable bonds is 3. The van der Waals surface area contributed by atoms with Crippen LogP contribution in [0.1, 0.15) is 50.2 Å². The van der Waals surface area contributed by atoms with Gasteiger partial charge in [0.25, 0.3) is 5.91 Å². The molecule has 0 saturated heterocycles. The summed E-state index contributed by atoms with van der Waals surface area (Å²) in [7, 11) is 3.62. The Balaban J connectivity index is 1.75. The number of amides is 1. The van der Waals surface area contributed by atoms with Crippen molar-refractivity contribution in [2.75, 3.05) is 26.0 Å². The molecule has 1 aromatic heterocycles. The third kappa shape index (κ3) is 4.83. The first-order valence-electron chi connectivity index (χ1n) is 11.2. The van der Waals surface area contributed by atoms with E-state index in [1.165, 1.54) is 19.5 Å². The van der Waals surface area contributed by atoms with E-state index < -0.39 is 5.54 Å². The van der Waals surface area contributed by atoms with Crippen molar-refractivity contribution in [1.29, 1.82) is 0 Å². The fourth-order valence-electron chi connectivity index (χ4n) is 4.30. The number of carbonyl (C=O) groups excluding carboxylic acids is 1. The molecule has 2 aliphatic heterocycles. The fraction of sp³-hybridized carbons (Fsp3) is 0.500. The summed E-state index contributed by atoms with van der Waals surface area (Å²) in [4.78, 5) is 28.3. The number of ether oxygens (including phenoxy) is 2. The number of nitrogens with zero attached hydrogens (tertiary/aromatic N) is 4. The first-order valence-corrected chi connectivity index (χ1v) is 12.1. The van der Waals surface area contributed by atoms with Crippen molar-refractivity contribution in [2.24, 2.45) is 10.7 Å². The SMILES string of the molecule is COc1cnc(C(=O)Nc2ccc3c(c2)[C@]2(C)CN(C)C(C[C@H](C)O3)SC(C)(C)C(N)=N2)cn1. The van der Waals surface area contributed by atoms with Gasteiger partial charge in [-0.05, 0) is 52.9 Å². The molecule has 0 fully saturated rings. The number of likely N-dealkylation sites (N-methyl/N-ethyl adjacent to an activating group) is 1. The summed E-state index contributed by atoms with van der Waals surface area (Å²) in [6, 6.07) is 5.64. The lowest BCUT2D eigenvalue weighted by molar-refractivity contribution is 0.102. The summed E-state index contributed by atoms with van der Waals surface area (Å²) in [6.45, 7) is 9.03. The van der Waals surface area contributed by atoms with Gasteiger partial charge < -0.3 is 20.5 Å². The zero-order valence-electron chi connectivity index (χ0n) is 20.5. The molecule has 1 aromatic carbocycles. The maximum Gasteiger partial charge on any atom is 0.275 e. The molecule has 9 nitrogen and oxygen atoms in total. The van der Waals surface area contributed by atoms with E-state index in [1.807, 2.05) is 30.0 Å². The number of benzene rings is 1. The van der Waals surface area contributed by atoms with Crippen molar-refractivity contribution in [3.8, 4) is 11.6 Å². The molecule has 0 saturated carbocycles. The molecule has 2 bridgehead atoms. The van der Waals surface area contributed by atoms with E-state index in [2.05, 4.69) is 54.9 Å². The van der Waals surface area contributed by atoms with Crippen LogP contribution >= 0.6 is 11.8 Å². The van der Waals surface area contributed by atoms with Crippen molar-refractivity contribution >= 4 is 29.2 Å². The lowest BCUT2D eigenvalue weighted by Gasteiger charge is -2.41. The van der Waals surface area contributed by atoms with E-state index in [-0.39, 0.29) is 27.8 Å². The Hall–Kier alpha value is -2.85. The molecule has 0 aliphatic carbocycles. The fourth-order valence-corrected chi connectivity index (χ4v) is 5.77. The number of nitrogens with two attached hydrogens (primary N) is 1. The number of carbonyl (C=O) groups is 1. The van der Waals surface area contributed by atoms with Gasteiger partial charge in [0, 0.05) is 24.2 Å². The van der Waals surface area contributed by atoms with Gasteiger partial charge in [-0.25, -0.2) is 9.97 Å². The van der Waals surface area contributed by atoms with Crippen LogP contribution in [0.2, 0.25) is 0 Å². The molecule has 3 atom stereocenters. The first-order chi connectivity index (χ1) is 16.0. The Labute approximate surface area is 204 Å². The highest BCUT2D eigenvalue weighted by Crippen LogP contribution is 2.44. The second-order valence-electron chi connectivity index (χ2n) is 9.54. The van der Waals surface area contributed by atoms with Crippen LogP contribution in [-0.4, -0.2) is 63.5 Å². The van der Waals surface area contributed by atoms with Gasteiger partial charge in [0.15, 0.2) is 0 Å². The van der Waals surface area contributed by atoms with E-state index in [4.69, 9.17) is 20.2 Å². The number of aromatic nitrogens is 2. The topological polar surface area (TPSA) is 115 Å². The number of fused-ring (bicyclic) bond motifs is 5. The zero-order chi connectivity index (χ0) is 24.7. The van der Waals surface area contributed by atoms with Crippen molar-refractivity contribution in [2.45, 2.75) is 55.9 Å². The molecule has 2 aliphatic rings. The van der Waals surface area contributed by atoms with Gasteiger partial charge in [0.2, 0.25) is 5.88 Å². The third-order valence-corrected chi connectivity index (χ3v) is 7.84. The van der Waals surface area contributed by atoms with Gasteiger partial charge in [-0.3, -0.25) is 14.7 Å². The Kier molecular flexibility index (Phi) is 6.48. The van der Waals surface area contributed by atoms with Gasteiger partial charge >= 0.3 is 0 Å². The number of aliphatic imine (C=N–C) groups is 1. The third-order valence-electron chi connectivity index (χ3n) is 6.21. The molecular weight excluding hydrogens is 452 g/mol. The van der Waals surface area contributed by atoms with Crippen molar-refractivity contribution in [3.05, 3.63) is 41.9 Å². The number of anilines is 1. The summed E-state index contributed by atoms with van der Waals surface area (Å²) < 4.78 is 11.1. The highest BCUT2D eigenvalue weighted by molar-refractivity contribution is 8.01. The summed E-state index contributed by atoms with van der Waals surface area (Å²) in [6.07, 6.45) is 3.63. The van der Waals surface area contributed by atoms with E-state index in [0.717, 1.165) is 17.7 Å².